The molecule has 7 nitrogen and oxygen atoms in total. The molecule has 1 aliphatic rings. The average molecular weight is 428 g/mol. The molecule has 0 saturated carbocycles. The highest BCUT2D eigenvalue weighted by Gasteiger charge is 2.34. The van der Waals surface area contributed by atoms with Gasteiger partial charge in [0.15, 0.2) is 0 Å². The Morgan fingerprint density at radius 2 is 1.89 bits per heavy atom. The van der Waals surface area contributed by atoms with E-state index in [1.165, 1.54) is 0 Å². The lowest BCUT2D eigenvalue weighted by molar-refractivity contribution is -0.119. The van der Waals surface area contributed by atoms with Crippen LogP contribution in [0.2, 0.25) is 0 Å². The van der Waals surface area contributed by atoms with E-state index in [2.05, 4.69) is 36.8 Å². The van der Waals surface area contributed by atoms with E-state index in [-0.39, 0.29) is 11.9 Å². The van der Waals surface area contributed by atoms with Gasteiger partial charge in [0.05, 0.1) is 11.7 Å². The average Bonchev–Trinajstić information content (AvgIpc) is 3.32. The highest BCUT2D eigenvalue weighted by molar-refractivity contribution is 9.10. The van der Waals surface area contributed by atoms with Gasteiger partial charge in [-0.1, -0.05) is 15.9 Å². The van der Waals surface area contributed by atoms with Crippen LogP contribution in [0.5, 0.6) is 0 Å². The molecule has 0 radical (unpaired) electrons. The molecule has 1 aliphatic heterocycles. The molecule has 3 amide bonds. The number of hydrogen-bond donors (Lipinski definition) is 3. The molecule has 1 saturated heterocycles. The number of rotatable bonds is 3. The van der Waals surface area contributed by atoms with Crippen molar-refractivity contribution in [3.05, 3.63) is 53.1 Å². The smallest absolute Gasteiger partial charge is 0.322 e. The van der Waals surface area contributed by atoms with Gasteiger partial charge in [0.2, 0.25) is 5.91 Å². The van der Waals surface area contributed by atoms with Gasteiger partial charge in [-0.25, -0.2) is 4.79 Å². The van der Waals surface area contributed by atoms with Crippen LogP contribution in [0, 0.1) is 0 Å². The van der Waals surface area contributed by atoms with Gasteiger partial charge in [-0.3, -0.25) is 9.89 Å². The van der Waals surface area contributed by atoms with Crippen molar-refractivity contribution in [1.29, 1.82) is 0 Å². The highest BCUT2D eigenvalue weighted by atomic mass is 79.9. The van der Waals surface area contributed by atoms with Crippen molar-refractivity contribution in [2.24, 2.45) is 0 Å². The Morgan fingerprint density at radius 3 is 2.70 bits per heavy atom. The third-order valence-corrected chi connectivity index (χ3v) is 5.15. The largest absolute Gasteiger partial charge is 0.324 e. The summed E-state index contributed by atoms with van der Waals surface area (Å²) in [5, 5.41) is 13.5. The number of carbonyl (C=O) groups is 2. The molecule has 0 spiro atoms. The van der Waals surface area contributed by atoms with Crippen LogP contribution in [-0.2, 0) is 4.79 Å². The van der Waals surface area contributed by atoms with E-state index < -0.39 is 6.04 Å². The van der Waals surface area contributed by atoms with Crippen molar-refractivity contribution < 1.29 is 9.59 Å². The first-order chi connectivity index (χ1) is 13.1. The lowest BCUT2D eigenvalue weighted by Gasteiger charge is -2.24. The molecule has 1 aromatic heterocycles. The Bertz CT molecular complexity index is 985. The quantitative estimate of drug-likeness (QED) is 0.590. The lowest BCUT2D eigenvalue weighted by Crippen LogP contribution is -2.45. The summed E-state index contributed by atoms with van der Waals surface area (Å²) in [6.45, 7) is 0.557. The maximum atomic E-state index is 12.7. The molecule has 0 aliphatic carbocycles. The summed E-state index contributed by atoms with van der Waals surface area (Å²) in [5.74, 6) is -0.179. The molecule has 27 heavy (non-hydrogen) atoms. The summed E-state index contributed by atoms with van der Waals surface area (Å²) >= 11 is 3.37. The van der Waals surface area contributed by atoms with Crippen molar-refractivity contribution >= 4 is 50.1 Å². The van der Waals surface area contributed by atoms with E-state index in [9.17, 15) is 9.59 Å². The number of urea groups is 1. The van der Waals surface area contributed by atoms with Gasteiger partial charge < -0.3 is 15.5 Å². The zero-order valence-corrected chi connectivity index (χ0v) is 16.0. The number of benzene rings is 2. The predicted octanol–water partition coefficient (Wildman–Crippen LogP) is 3.96. The molecule has 1 fully saturated rings. The number of nitrogens with zero attached hydrogens (tertiary/aromatic N) is 2. The number of anilines is 2. The second-order valence-electron chi connectivity index (χ2n) is 6.45. The maximum absolute atomic E-state index is 12.7. The van der Waals surface area contributed by atoms with Crippen molar-refractivity contribution in [3.8, 4) is 0 Å². The summed E-state index contributed by atoms with van der Waals surface area (Å²) in [4.78, 5) is 26.9. The molecule has 0 bridgehead atoms. The van der Waals surface area contributed by atoms with Gasteiger partial charge in [0, 0.05) is 27.8 Å². The Hall–Kier alpha value is -2.87. The minimum atomic E-state index is -0.486. The second-order valence-corrected chi connectivity index (χ2v) is 7.37. The van der Waals surface area contributed by atoms with Gasteiger partial charge in [0.1, 0.15) is 6.04 Å². The summed E-state index contributed by atoms with van der Waals surface area (Å²) in [6, 6.07) is 12.1. The van der Waals surface area contributed by atoms with Crippen molar-refractivity contribution in [2.45, 2.75) is 18.9 Å². The van der Waals surface area contributed by atoms with Crippen LogP contribution in [0.4, 0.5) is 16.2 Å². The maximum Gasteiger partial charge on any atom is 0.322 e. The first-order valence-corrected chi connectivity index (χ1v) is 9.47. The Kier molecular flexibility index (Phi) is 4.81. The van der Waals surface area contributed by atoms with Crippen molar-refractivity contribution in [3.63, 3.8) is 0 Å². The Morgan fingerprint density at radius 1 is 1.11 bits per heavy atom. The van der Waals surface area contributed by atoms with Gasteiger partial charge in [-0.05, 0) is 55.3 Å². The second kappa shape index (κ2) is 7.40. The number of H-pyrrole nitrogens is 1. The number of amides is 3. The molecule has 3 N–H and O–H groups in total. The minimum Gasteiger partial charge on any atom is -0.324 e. The Labute approximate surface area is 164 Å². The lowest BCUT2D eigenvalue weighted by atomic mass is 10.2. The molecule has 1 unspecified atom stereocenters. The van der Waals surface area contributed by atoms with E-state index in [0.717, 1.165) is 21.8 Å². The summed E-state index contributed by atoms with van der Waals surface area (Å²) < 4.78 is 0.938. The first kappa shape index (κ1) is 17.5. The number of hydrogen-bond acceptors (Lipinski definition) is 3. The van der Waals surface area contributed by atoms with Gasteiger partial charge in [-0.15, -0.1) is 0 Å². The minimum absolute atomic E-state index is 0.179. The third-order valence-electron chi connectivity index (χ3n) is 4.62. The summed E-state index contributed by atoms with van der Waals surface area (Å²) in [6.07, 6.45) is 3.15. The van der Waals surface area contributed by atoms with Crippen LogP contribution in [0.15, 0.2) is 53.1 Å². The zero-order valence-electron chi connectivity index (χ0n) is 14.4. The number of carbonyl (C=O) groups excluding carboxylic acids is 2. The Balaban J connectivity index is 1.44. The molecule has 4 rings (SSSR count). The van der Waals surface area contributed by atoms with Crippen LogP contribution >= 0.6 is 15.9 Å². The van der Waals surface area contributed by atoms with Crippen LogP contribution in [0.1, 0.15) is 12.8 Å². The zero-order chi connectivity index (χ0) is 18.8. The van der Waals surface area contributed by atoms with Crippen LogP contribution in [-0.4, -0.2) is 39.6 Å². The summed E-state index contributed by atoms with van der Waals surface area (Å²) in [5.41, 5.74) is 2.29. The van der Waals surface area contributed by atoms with E-state index in [4.69, 9.17) is 0 Å². The monoisotopic (exact) mass is 427 g/mol. The molecule has 138 valence electrons. The number of nitrogens with one attached hydrogen (secondary N) is 3. The normalized spacial score (nSPS) is 16.5. The molecule has 1 atom stereocenters. The number of aromatic amines is 1. The van der Waals surface area contributed by atoms with Crippen molar-refractivity contribution in [2.75, 3.05) is 17.2 Å². The van der Waals surface area contributed by atoms with E-state index >= 15 is 0 Å². The van der Waals surface area contributed by atoms with E-state index in [1.807, 2.05) is 42.5 Å². The number of likely N-dealkylation sites (tertiary alicyclic amines) is 1. The number of aromatic nitrogens is 2. The molecule has 8 heteroatoms. The molecule has 2 aromatic carbocycles. The molecule has 3 aromatic rings. The van der Waals surface area contributed by atoms with Gasteiger partial charge in [0.25, 0.3) is 0 Å². The van der Waals surface area contributed by atoms with Crippen LogP contribution in [0.3, 0.4) is 0 Å². The predicted molar refractivity (Wildman–Crippen MR) is 108 cm³/mol. The first-order valence-electron chi connectivity index (χ1n) is 8.67. The van der Waals surface area contributed by atoms with Crippen LogP contribution in [0.25, 0.3) is 10.9 Å². The van der Waals surface area contributed by atoms with Gasteiger partial charge >= 0.3 is 6.03 Å². The number of fused-ring (bicyclic) bond motifs is 1. The van der Waals surface area contributed by atoms with E-state index in [0.29, 0.717) is 24.3 Å². The van der Waals surface area contributed by atoms with Gasteiger partial charge in [-0.2, -0.15) is 5.10 Å². The van der Waals surface area contributed by atoms with Crippen molar-refractivity contribution in [1.82, 2.24) is 15.1 Å². The van der Waals surface area contributed by atoms with E-state index in [1.54, 1.807) is 11.1 Å². The molecule has 2 heterocycles. The fourth-order valence-corrected chi connectivity index (χ4v) is 3.52. The fraction of sp³-hybridized carbons (Fsp3) is 0.211. The highest BCUT2D eigenvalue weighted by Crippen LogP contribution is 2.23. The molecular formula is C19H18BrN5O2. The topological polar surface area (TPSA) is 90.1 Å². The third kappa shape index (κ3) is 3.80. The fourth-order valence-electron chi connectivity index (χ4n) is 3.26. The van der Waals surface area contributed by atoms with Crippen LogP contribution < -0.4 is 10.6 Å². The SMILES string of the molecule is O=C(Nc1ccc2[nH]ncc2c1)C1CCCN1C(=O)Nc1ccc(Br)cc1. The summed E-state index contributed by atoms with van der Waals surface area (Å²) in [7, 11) is 0. The molecular weight excluding hydrogens is 410 g/mol. The number of halogens is 1. The standard InChI is InChI=1S/C19H18BrN5O2/c20-13-3-5-14(6-4-13)23-19(27)25-9-1-2-17(25)18(26)22-15-7-8-16-12(10-15)11-21-24-16/h3-8,10-11,17H,1-2,9H2,(H,21,24)(H,22,26)(H,23,27).